The smallest absolute Gasteiger partial charge is 0.120 e. The summed E-state index contributed by atoms with van der Waals surface area (Å²) in [6, 6.07) is 0. The first-order chi connectivity index (χ1) is 7.38. The second kappa shape index (κ2) is 5.11. The molecule has 3 atom stereocenters. The summed E-state index contributed by atoms with van der Waals surface area (Å²) in [7, 11) is 1.89. The predicted molar refractivity (Wildman–Crippen MR) is 70.1 cm³/mol. The summed E-state index contributed by atoms with van der Waals surface area (Å²) < 4.78 is 0. The molecule has 1 aliphatic heterocycles. The Morgan fingerprint density at radius 1 is 1.44 bits per heavy atom. The van der Waals surface area contributed by atoms with Crippen molar-refractivity contribution < 1.29 is 0 Å². The number of hydrogen-bond donors (Lipinski definition) is 1. The van der Waals surface area contributed by atoms with Gasteiger partial charge in [0, 0.05) is 19.2 Å². The number of rotatable bonds is 3. The zero-order valence-corrected chi connectivity index (χ0v) is 11.1. The first-order valence-corrected chi connectivity index (χ1v) is 6.05. The Morgan fingerprint density at radius 2 is 2.06 bits per heavy atom. The molecule has 1 rings (SSSR count). The summed E-state index contributed by atoms with van der Waals surface area (Å²) in [5, 5.41) is 1.72. The molecule has 0 amide bonds. The van der Waals surface area contributed by atoms with Crippen molar-refractivity contribution in [3.05, 3.63) is 12.2 Å². The third-order valence-electron chi connectivity index (χ3n) is 3.44. The van der Waals surface area contributed by atoms with Crippen molar-refractivity contribution in [3.63, 3.8) is 0 Å². The van der Waals surface area contributed by atoms with Gasteiger partial charge in [-0.15, -0.1) is 0 Å². The van der Waals surface area contributed by atoms with E-state index < -0.39 is 0 Å². The van der Waals surface area contributed by atoms with Gasteiger partial charge in [0.15, 0.2) is 0 Å². The molecule has 0 aliphatic carbocycles. The van der Waals surface area contributed by atoms with Crippen molar-refractivity contribution in [1.29, 1.82) is 0 Å². The summed E-state index contributed by atoms with van der Waals surface area (Å²) in [6.07, 6.45) is 7.37. The van der Waals surface area contributed by atoms with Crippen LogP contribution in [0.15, 0.2) is 17.1 Å². The van der Waals surface area contributed by atoms with Gasteiger partial charge in [-0.25, -0.2) is 5.01 Å². The first kappa shape index (κ1) is 13.4. The highest BCUT2D eigenvalue weighted by Crippen LogP contribution is 2.38. The Hall–Kier alpha value is -0.670. The van der Waals surface area contributed by atoms with Crippen LogP contribution >= 0.6 is 0 Å². The third kappa shape index (κ3) is 2.92. The van der Waals surface area contributed by atoms with Crippen molar-refractivity contribution in [1.82, 2.24) is 5.01 Å². The van der Waals surface area contributed by atoms with Gasteiger partial charge in [0.05, 0.1) is 0 Å². The van der Waals surface area contributed by atoms with E-state index in [1.807, 2.05) is 19.3 Å². The van der Waals surface area contributed by atoms with E-state index in [0.29, 0.717) is 11.8 Å². The Labute approximate surface area is 99.4 Å². The Kier molecular flexibility index (Phi) is 4.28. The van der Waals surface area contributed by atoms with E-state index in [-0.39, 0.29) is 11.6 Å². The molecule has 1 aliphatic rings. The molecule has 0 aromatic heterocycles. The van der Waals surface area contributed by atoms with E-state index in [2.05, 4.69) is 38.8 Å². The van der Waals surface area contributed by atoms with Crippen LogP contribution in [0.4, 0.5) is 0 Å². The number of hydrazine groups is 1. The molecule has 92 valence electrons. The number of aliphatic imine (C=N–C) groups is 1. The fourth-order valence-corrected chi connectivity index (χ4v) is 2.70. The highest BCUT2D eigenvalue weighted by Gasteiger charge is 2.35. The minimum absolute atomic E-state index is 0.0779. The SMILES string of the molecule is CCC(C1C=CC=NC1N(C)N)C(C)(C)C. The fraction of sp³-hybridized carbons (Fsp3) is 0.769. The van der Waals surface area contributed by atoms with Crippen LogP contribution < -0.4 is 5.84 Å². The van der Waals surface area contributed by atoms with E-state index in [0.717, 1.165) is 6.42 Å². The van der Waals surface area contributed by atoms with Gasteiger partial charge in [0.25, 0.3) is 0 Å². The average molecular weight is 223 g/mol. The van der Waals surface area contributed by atoms with Gasteiger partial charge in [-0.3, -0.25) is 10.8 Å². The normalized spacial score (nSPS) is 27.4. The van der Waals surface area contributed by atoms with Crippen LogP contribution in [0.1, 0.15) is 34.1 Å². The molecular formula is C13H25N3. The standard InChI is InChI=1S/C13H25N3/c1-6-11(13(2,3)4)10-8-7-9-15-12(10)16(5)14/h7-12H,6,14H2,1-5H3. The number of nitrogens with zero attached hydrogens (tertiary/aromatic N) is 2. The van der Waals surface area contributed by atoms with Crippen molar-refractivity contribution >= 4 is 6.21 Å². The minimum Gasteiger partial charge on any atom is -0.272 e. The number of allylic oxidation sites excluding steroid dienone is 1. The average Bonchev–Trinajstić information content (AvgIpc) is 2.17. The molecule has 0 fully saturated rings. The van der Waals surface area contributed by atoms with Gasteiger partial charge in [-0.05, 0) is 17.4 Å². The molecule has 0 spiro atoms. The van der Waals surface area contributed by atoms with Crippen LogP contribution in [-0.4, -0.2) is 24.4 Å². The zero-order valence-electron chi connectivity index (χ0n) is 11.1. The summed E-state index contributed by atoms with van der Waals surface area (Å²) in [4.78, 5) is 4.48. The molecule has 2 N–H and O–H groups in total. The van der Waals surface area contributed by atoms with Crippen LogP contribution in [-0.2, 0) is 0 Å². The third-order valence-corrected chi connectivity index (χ3v) is 3.44. The van der Waals surface area contributed by atoms with Gasteiger partial charge in [-0.2, -0.15) is 0 Å². The maximum Gasteiger partial charge on any atom is 0.120 e. The molecule has 3 unspecified atom stereocenters. The highest BCUT2D eigenvalue weighted by molar-refractivity contribution is 5.72. The molecule has 0 radical (unpaired) electrons. The maximum absolute atomic E-state index is 5.88. The second-order valence-electron chi connectivity index (χ2n) is 5.72. The molecule has 1 heterocycles. The molecule has 16 heavy (non-hydrogen) atoms. The topological polar surface area (TPSA) is 41.6 Å². The molecular weight excluding hydrogens is 198 g/mol. The summed E-state index contributed by atoms with van der Waals surface area (Å²) in [5.41, 5.74) is 0.283. The molecule has 3 nitrogen and oxygen atoms in total. The lowest BCUT2D eigenvalue weighted by Gasteiger charge is -2.40. The Bertz CT molecular complexity index is 273. The van der Waals surface area contributed by atoms with E-state index in [4.69, 9.17) is 5.84 Å². The number of nitrogens with two attached hydrogens (primary N) is 1. The van der Waals surface area contributed by atoms with Crippen LogP contribution in [0.25, 0.3) is 0 Å². The van der Waals surface area contributed by atoms with E-state index >= 15 is 0 Å². The van der Waals surface area contributed by atoms with Gasteiger partial charge in [0.1, 0.15) is 6.17 Å². The lowest BCUT2D eigenvalue weighted by atomic mass is 9.70. The zero-order chi connectivity index (χ0) is 12.3. The van der Waals surface area contributed by atoms with Crippen LogP contribution in [0, 0.1) is 17.3 Å². The summed E-state index contributed by atoms with van der Waals surface area (Å²) in [6.45, 7) is 9.12. The molecule has 0 aromatic rings. The van der Waals surface area contributed by atoms with Crippen molar-refractivity contribution in [2.24, 2.45) is 28.1 Å². The minimum atomic E-state index is 0.0779. The lowest BCUT2D eigenvalue weighted by molar-refractivity contribution is 0.0985. The van der Waals surface area contributed by atoms with Gasteiger partial charge in [0.2, 0.25) is 0 Å². The van der Waals surface area contributed by atoms with Crippen LogP contribution in [0.3, 0.4) is 0 Å². The summed E-state index contributed by atoms with van der Waals surface area (Å²) >= 11 is 0. The molecule has 0 aromatic carbocycles. The quantitative estimate of drug-likeness (QED) is 0.590. The van der Waals surface area contributed by atoms with Crippen molar-refractivity contribution in [2.75, 3.05) is 7.05 Å². The van der Waals surface area contributed by atoms with Crippen molar-refractivity contribution in [2.45, 2.75) is 40.3 Å². The van der Waals surface area contributed by atoms with E-state index in [9.17, 15) is 0 Å². The fourth-order valence-electron chi connectivity index (χ4n) is 2.70. The van der Waals surface area contributed by atoms with Crippen molar-refractivity contribution in [3.8, 4) is 0 Å². The second-order valence-corrected chi connectivity index (χ2v) is 5.72. The van der Waals surface area contributed by atoms with Crippen LogP contribution in [0.2, 0.25) is 0 Å². The maximum atomic E-state index is 5.88. The van der Waals surface area contributed by atoms with Crippen LogP contribution in [0.5, 0.6) is 0 Å². The summed E-state index contributed by atoms with van der Waals surface area (Å²) in [5.74, 6) is 6.88. The molecule has 0 bridgehead atoms. The number of hydrogen-bond acceptors (Lipinski definition) is 3. The Morgan fingerprint density at radius 3 is 2.50 bits per heavy atom. The first-order valence-electron chi connectivity index (χ1n) is 6.05. The number of dihydropyridines is 1. The molecule has 0 saturated heterocycles. The van der Waals surface area contributed by atoms with E-state index in [1.165, 1.54) is 0 Å². The Balaban J connectivity index is 2.91. The van der Waals surface area contributed by atoms with Gasteiger partial charge >= 0.3 is 0 Å². The lowest BCUT2D eigenvalue weighted by Crippen LogP contribution is -2.46. The molecule has 0 saturated carbocycles. The molecule has 3 heteroatoms. The highest BCUT2D eigenvalue weighted by atomic mass is 15.4. The van der Waals surface area contributed by atoms with Gasteiger partial charge in [-0.1, -0.05) is 40.2 Å². The van der Waals surface area contributed by atoms with E-state index in [1.54, 1.807) is 5.01 Å². The van der Waals surface area contributed by atoms with Gasteiger partial charge < -0.3 is 0 Å². The largest absolute Gasteiger partial charge is 0.272 e. The predicted octanol–water partition coefficient (Wildman–Crippen LogP) is 2.45. The monoisotopic (exact) mass is 223 g/mol.